The molecular formula is C6H11ClN2. The second-order valence-corrected chi connectivity index (χ2v) is 2.08. The topological polar surface area (TPSA) is 17.8 Å². The van der Waals surface area contributed by atoms with E-state index in [2.05, 4.69) is 18.9 Å². The molecule has 1 aromatic rings. The van der Waals surface area contributed by atoms with Crippen LogP contribution in [0.3, 0.4) is 0 Å². The van der Waals surface area contributed by atoms with E-state index in [0.29, 0.717) is 6.04 Å². The second kappa shape index (κ2) is 3.51. The van der Waals surface area contributed by atoms with Crippen LogP contribution in [0, 0.1) is 0 Å². The van der Waals surface area contributed by atoms with Crippen LogP contribution in [0.5, 0.6) is 0 Å². The van der Waals surface area contributed by atoms with E-state index in [4.69, 9.17) is 0 Å². The zero-order valence-corrected chi connectivity index (χ0v) is 6.43. The first-order valence-electron chi connectivity index (χ1n) is 2.80. The summed E-state index contributed by atoms with van der Waals surface area (Å²) < 4.78 is 1.92. The molecule has 0 saturated heterocycles. The summed E-state index contributed by atoms with van der Waals surface area (Å²) in [7, 11) is 0. The van der Waals surface area contributed by atoms with Crippen molar-refractivity contribution in [1.29, 1.82) is 0 Å². The van der Waals surface area contributed by atoms with Crippen molar-refractivity contribution >= 4 is 12.4 Å². The predicted molar refractivity (Wildman–Crippen MR) is 39.9 cm³/mol. The Hall–Kier alpha value is -0.500. The van der Waals surface area contributed by atoms with Gasteiger partial charge in [0.15, 0.2) is 0 Å². The lowest BCUT2D eigenvalue weighted by molar-refractivity contribution is 0.532. The van der Waals surface area contributed by atoms with E-state index in [9.17, 15) is 0 Å². The highest BCUT2D eigenvalue weighted by Crippen LogP contribution is 1.98. The molecule has 9 heavy (non-hydrogen) atoms. The van der Waals surface area contributed by atoms with Gasteiger partial charge < -0.3 is 0 Å². The molecular weight excluding hydrogens is 136 g/mol. The molecule has 3 heteroatoms. The summed E-state index contributed by atoms with van der Waals surface area (Å²) in [5, 5.41) is 4.03. The summed E-state index contributed by atoms with van der Waals surface area (Å²) in [5.74, 6) is 0. The molecule has 0 radical (unpaired) electrons. The molecule has 0 aromatic carbocycles. The maximum absolute atomic E-state index is 4.03. The lowest BCUT2D eigenvalue weighted by atomic mass is 10.4. The Morgan fingerprint density at radius 3 is 2.33 bits per heavy atom. The Balaban J connectivity index is 0.000000640. The number of aromatic nitrogens is 2. The largest absolute Gasteiger partial charge is 0.270 e. The molecule has 1 aromatic heterocycles. The minimum absolute atomic E-state index is 0. The Morgan fingerprint density at radius 1 is 1.44 bits per heavy atom. The average molecular weight is 147 g/mol. The van der Waals surface area contributed by atoms with Gasteiger partial charge in [0.2, 0.25) is 0 Å². The molecule has 0 saturated carbocycles. The lowest BCUT2D eigenvalue weighted by Crippen LogP contribution is -1.99. The summed E-state index contributed by atoms with van der Waals surface area (Å²) in [4.78, 5) is 0. The van der Waals surface area contributed by atoms with Gasteiger partial charge in [0, 0.05) is 18.4 Å². The zero-order valence-electron chi connectivity index (χ0n) is 5.61. The smallest absolute Gasteiger partial charge is 0.0489 e. The van der Waals surface area contributed by atoms with E-state index in [0.717, 1.165) is 0 Å². The predicted octanol–water partition coefficient (Wildman–Crippen LogP) is 1.89. The van der Waals surface area contributed by atoms with Crippen LogP contribution >= 0.6 is 12.4 Å². The molecule has 0 spiro atoms. The van der Waals surface area contributed by atoms with Gasteiger partial charge in [0.1, 0.15) is 0 Å². The molecule has 0 fully saturated rings. The van der Waals surface area contributed by atoms with Crippen LogP contribution in [0.25, 0.3) is 0 Å². The fourth-order valence-electron chi connectivity index (χ4n) is 0.586. The van der Waals surface area contributed by atoms with Gasteiger partial charge in [-0.3, -0.25) is 4.68 Å². The maximum Gasteiger partial charge on any atom is 0.0489 e. The van der Waals surface area contributed by atoms with Gasteiger partial charge in [-0.05, 0) is 19.9 Å². The van der Waals surface area contributed by atoms with Crippen molar-refractivity contribution < 1.29 is 0 Å². The maximum atomic E-state index is 4.03. The molecule has 1 heterocycles. The molecule has 0 bridgehead atoms. The van der Waals surface area contributed by atoms with Crippen LogP contribution in [0.4, 0.5) is 0 Å². The second-order valence-electron chi connectivity index (χ2n) is 2.08. The van der Waals surface area contributed by atoms with E-state index in [-0.39, 0.29) is 12.4 Å². The van der Waals surface area contributed by atoms with Crippen molar-refractivity contribution in [2.24, 2.45) is 0 Å². The van der Waals surface area contributed by atoms with Crippen LogP contribution in [0.15, 0.2) is 18.5 Å². The molecule has 0 amide bonds. The molecule has 0 aliphatic rings. The average Bonchev–Trinajstić information content (AvgIpc) is 2.12. The van der Waals surface area contributed by atoms with Gasteiger partial charge in [-0.1, -0.05) is 0 Å². The lowest BCUT2D eigenvalue weighted by Gasteiger charge is -2.01. The van der Waals surface area contributed by atoms with Crippen molar-refractivity contribution in [3.8, 4) is 0 Å². The normalized spacial score (nSPS) is 9.22. The molecule has 0 unspecified atom stereocenters. The molecule has 0 aliphatic carbocycles. The number of rotatable bonds is 1. The first-order chi connectivity index (χ1) is 3.80. The molecule has 0 atom stereocenters. The van der Waals surface area contributed by atoms with Gasteiger partial charge in [-0.2, -0.15) is 5.10 Å². The highest BCUT2D eigenvalue weighted by molar-refractivity contribution is 5.85. The van der Waals surface area contributed by atoms with Crippen LogP contribution in [0.2, 0.25) is 0 Å². The van der Waals surface area contributed by atoms with E-state index >= 15 is 0 Å². The molecule has 0 aliphatic heterocycles. The molecule has 52 valence electrons. The zero-order chi connectivity index (χ0) is 5.98. The summed E-state index contributed by atoms with van der Waals surface area (Å²) in [5.41, 5.74) is 0. The minimum atomic E-state index is 0. The SMILES string of the molecule is CC(C)n1cccn1.Cl. The van der Waals surface area contributed by atoms with Crippen molar-refractivity contribution in [3.05, 3.63) is 18.5 Å². The third-order valence-electron chi connectivity index (χ3n) is 1.05. The van der Waals surface area contributed by atoms with Gasteiger partial charge in [0.05, 0.1) is 0 Å². The standard InChI is InChI=1S/C6H10N2.ClH/c1-6(2)8-5-3-4-7-8;/h3-6H,1-2H3;1H. The van der Waals surface area contributed by atoms with Crippen molar-refractivity contribution in [1.82, 2.24) is 9.78 Å². The van der Waals surface area contributed by atoms with Gasteiger partial charge in [-0.15, -0.1) is 12.4 Å². The number of halogens is 1. The fraction of sp³-hybridized carbons (Fsp3) is 0.500. The van der Waals surface area contributed by atoms with Crippen molar-refractivity contribution in [2.45, 2.75) is 19.9 Å². The molecule has 2 nitrogen and oxygen atoms in total. The van der Waals surface area contributed by atoms with Crippen LogP contribution in [-0.2, 0) is 0 Å². The van der Waals surface area contributed by atoms with Crippen LogP contribution in [0.1, 0.15) is 19.9 Å². The Morgan fingerprint density at radius 2 is 2.11 bits per heavy atom. The Kier molecular flexibility index (Phi) is 3.32. The van der Waals surface area contributed by atoms with Crippen molar-refractivity contribution in [3.63, 3.8) is 0 Å². The van der Waals surface area contributed by atoms with Gasteiger partial charge in [-0.25, -0.2) is 0 Å². The van der Waals surface area contributed by atoms with E-state index in [1.54, 1.807) is 6.20 Å². The first-order valence-corrected chi connectivity index (χ1v) is 2.80. The van der Waals surface area contributed by atoms with Gasteiger partial charge in [0.25, 0.3) is 0 Å². The fourth-order valence-corrected chi connectivity index (χ4v) is 0.586. The number of hydrogen-bond acceptors (Lipinski definition) is 1. The summed E-state index contributed by atoms with van der Waals surface area (Å²) in [6.07, 6.45) is 3.75. The Labute approximate surface area is 61.3 Å². The number of hydrogen-bond donors (Lipinski definition) is 0. The molecule has 1 rings (SSSR count). The quantitative estimate of drug-likeness (QED) is 0.592. The monoisotopic (exact) mass is 146 g/mol. The number of nitrogens with zero attached hydrogens (tertiary/aromatic N) is 2. The summed E-state index contributed by atoms with van der Waals surface area (Å²) in [6.45, 7) is 4.21. The van der Waals surface area contributed by atoms with E-state index in [1.807, 2.05) is 16.9 Å². The summed E-state index contributed by atoms with van der Waals surface area (Å²) >= 11 is 0. The van der Waals surface area contributed by atoms with E-state index < -0.39 is 0 Å². The first kappa shape index (κ1) is 8.50. The van der Waals surface area contributed by atoms with Gasteiger partial charge >= 0.3 is 0 Å². The van der Waals surface area contributed by atoms with E-state index in [1.165, 1.54) is 0 Å². The van der Waals surface area contributed by atoms with Crippen molar-refractivity contribution in [2.75, 3.05) is 0 Å². The molecule has 0 N–H and O–H groups in total. The Bertz CT molecular complexity index is 146. The summed E-state index contributed by atoms with van der Waals surface area (Å²) in [6, 6.07) is 2.42. The highest BCUT2D eigenvalue weighted by Gasteiger charge is 1.91. The third kappa shape index (κ3) is 2.06. The highest BCUT2D eigenvalue weighted by atomic mass is 35.5. The van der Waals surface area contributed by atoms with Crippen LogP contribution < -0.4 is 0 Å². The minimum Gasteiger partial charge on any atom is -0.270 e. The van der Waals surface area contributed by atoms with Crippen LogP contribution in [-0.4, -0.2) is 9.78 Å². The third-order valence-corrected chi connectivity index (χ3v) is 1.05.